The molecule has 1 amide bonds. The van der Waals surface area contributed by atoms with Gasteiger partial charge in [0.05, 0.1) is 5.56 Å². The Morgan fingerprint density at radius 3 is 2.24 bits per heavy atom. The number of hydrogen-bond acceptors (Lipinski definition) is 5. The minimum atomic E-state index is -0.445. The Morgan fingerprint density at radius 1 is 1.08 bits per heavy atom. The second kappa shape index (κ2) is 8.16. The molecule has 0 atom stereocenters. The van der Waals surface area contributed by atoms with Crippen LogP contribution in [-0.4, -0.2) is 44.5 Å². The van der Waals surface area contributed by atoms with Crippen molar-refractivity contribution in [1.82, 2.24) is 4.90 Å². The van der Waals surface area contributed by atoms with Crippen LogP contribution >= 0.6 is 11.3 Å². The van der Waals surface area contributed by atoms with Gasteiger partial charge < -0.3 is 14.5 Å². The van der Waals surface area contributed by atoms with E-state index in [1.54, 1.807) is 29.4 Å². The highest BCUT2D eigenvalue weighted by Crippen LogP contribution is 2.21. The third-order valence-corrected chi connectivity index (χ3v) is 4.85. The molecule has 0 N–H and O–H groups in total. The number of carbonyl (C=O) groups is 2. The molecule has 0 fully saturated rings. The maximum absolute atomic E-state index is 12.2. The average molecular weight is 360 g/mol. The van der Waals surface area contributed by atoms with E-state index in [1.807, 2.05) is 57.1 Å². The number of anilines is 1. The Hall–Kier alpha value is -2.34. The van der Waals surface area contributed by atoms with E-state index < -0.39 is 5.97 Å². The number of nitrogens with zero attached hydrogens (tertiary/aromatic N) is 2. The van der Waals surface area contributed by atoms with Gasteiger partial charge in [0.25, 0.3) is 5.91 Å². The molecule has 0 spiro atoms. The summed E-state index contributed by atoms with van der Waals surface area (Å²) in [6.07, 6.45) is 0. The van der Waals surface area contributed by atoms with Gasteiger partial charge in [0.2, 0.25) is 0 Å². The first kappa shape index (κ1) is 19.0. The molecule has 0 bridgehead atoms. The maximum atomic E-state index is 12.2. The Kier molecular flexibility index (Phi) is 6.20. The predicted molar refractivity (Wildman–Crippen MR) is 101 cm³/mol. The molecule has 6 heteroatoms. The molecule has 2 rings (SSSR count). The van der Waals surface area contributed by atoms with Gasteiger partial charge in [0, 0.05) is 43.1 Å². The van der Waals surface area contributed by atoms with Gasteiger partial charge in [-0.2, -0.15) is 0 Å². The standard InChI is InChI=1S/C19H24N2O3S/c1-13-10-17(14(2)25-13)19(23)24-12-18(22)21(5)11-15-6-8-16(9-7-15)20(3)4/h6-10H,11-12H2,1-5H3. The molecule has 0 saturated heterocycles. The van der Waals surface area contributed by atoms with E-state index in [1.165, 1.54) is 0 Å². The van der Waals surface area contributed by atoms with Crippen LogP contribution in [0.5, 0.6) is 0 Å². The van der Waals surface area contributed by atoms with Crippen molar-refractivity contribution in [1.29, 1.82) is 0 Å². The second-order valence-corrected chi connectivity index (χ2v) is 7.67. The molecule has 1 heterocycles. The van der Waals surface area contributed by atoms with Crippen molar-refractivity contribution >= 4 is 28.9 Å². The lowest BCUT2D eigenvalue weighted by Crippen LogP contribution is -2.30. The highest BCUT2D eigenvalue weighted by atomic mass is 32.1. The molecule has 134 valence electrons. The summed E-state index contributed by atoms with van der Waals surface area (Å²) in [7, 11) is 5.67. The summed E-state index contributed by atoms with van der Waals surface area (Å²) in [6, 6.07) is 9.79. The first-order valence-electron chi connectivity index (χ1n) is 8.02. The number of benzene rings is 1. The molecule has 1 aromatic heterocycles. The summed E-state index contributed by atoms with van der Waals surface area (Å²) in [5.74, 6) is -0.673. The van der Waals surface area contributed by atoms with Crippen molar-refractivity contribution in [2.45, 2.75) is 20.4 Å². The van der Waals surface area contributed by atoms with E-state index in [9.17, 15) is 9.59 Å². The normalized spacial score (nSPS) is 10.4. The van der Waals surface area contributed by atoms with Gasteiger partial charge in [-0.05, 0) is 37.6 Å². The van der Waals surface area contributed by atoms with Crippen LogP contribution in [0, 0.1) is 13.8 Å². The minimum absolute atomic E-state index is 0.227. The van der Waals surface area contributed by atoms with Crippen molar-refractivity contribution in [3.8, 4) is 0 Å². The summed E-state index contributed by atoms with van der Waals surface area (Å²) >= 11 is 1.54. The van der Waals surface area contributed by atoms with Crippen LogP contribution in [0.1, 0.15) is 25.7 Å². The van der Waals surface area contributed by atoms with Crippen LogP contribution in [0.3, 0.4) is 0 Å². The van der Waals surface area contributed by atoms with Gasteiger partial charge in [0.15, 0.2) is 6.61 Å². The smallest absolute Gasteiger partial charge is 0.339 e. The van der Waals surface area contributed by atoms with Gasteiger partial charge in [-0.3, -0.25) is 4.79 Å². The SMILES string of the molecule is Cc1cc(C(=O)OCC(=O)N(C)Cc2ccc(N(C)C)cc2)c(C)s1. The molecule has 0 aliphatic heterocycles. The highest BCUT2D eigenvalue weighted by molar-refractivity contribution is 7.12. The average Bonchev–Trinajstić information content (AvgIpc) is 2.91. The summed E-state index contributed by atoms with van der Waals surface area (Å²) in [6.45, 7) is 4.04. The number of ether oxygens (including phenoxy) is 1. The number of rotatable bonds is 6. The molecule has 0 saturated carbocycles. The topological polar surface area (TPSA) is 49.9 Å². The monoisotopic (exact) mass is 360 g/mol. The molecular weight excluding hydrogens is 336 g/mol. The number of esters is 1. The Bertz CT molecular complexity index is 751. The molecule has 0 aliphatic carbocycles. The first-order valence-corrected chi connectivity index (χ1v) is 8.84. The largest absolute Gasteiger partial charge is 0.452 e. The van der Waals surface area contributed by atoms with Crippen LogP contribution in [0.15, 0.2) is 30.3 Å². The quantitative estimate of drug-likeness (QED) is 0.742. The summed E-state index contributed by atoms with van der Waals surface area (Å²) in [5, 5.41) is 0. The van der Waals surface area contributed by atoms with Gasteiger partial charge in [-0.1, -0.05) is 12.1 Å². The van der Waals surface area contributed by atoms with Gasteiger partial charge >= 0.3 is 5.97 Å². The highest BCUT2D eigenvalue weighted by Gasteiger charge is 2.17. The van der Waals surface area contributed by atoms with Crippen LogP contribution in [0.2, 0.25) is 0 Å². The molecule has 0 aliphatic rings. The third-order valence-electron chi connectivity index (χ3n) is 3.89. The number of amides is 1. The first-order chi connectivity index (χ1) is 11.8. The zero-order valence-corrected chi connectivity index (χ0v) is 16.1. The lowest BCUT2D eigenvalue weighted by atomic mass is 10.2. The van der Waals surface area contributed by atoms with E-state index in [0.29, 0.717) is 12.1 Å². The van der Waals surface area contributed by atoms with Gasteiger partial charge in [-0.25, -0.2) is 4.79 Å². The molecule has 5 nitrogen and oxygen atoms in total. The second-order valence-electron chi connectivity index (χ2n) is 6.21. The maximum Gasteiger partial charge on any atom is 0.339 e. The number of likely N-dealkylation sites (N-methyl/N-ethyl adjacent to an activating group) is 1. The van der Waals surface area contributed by atoms with E-state index in [0.717, 1.165) is 21.0 Å². The van der Waals surface area contributed by atoms with Crippen LogP contribution < -0.4 is 4.90 Å². The Morgan fingerprint density at radius 2 is 1.72 bits per heavy atom. The van der Waals surface area contributed by atoms with Gasteiger partial charge in [-0.15, -0.1) is 11.3 Å². The molecule has 0 unspecified atom stereocenters. The zero-order chi connectivity index (χ0) is 18.6. The van der Waals surface area contributed by atoms with Crippen LogP contribution in [0.4, 0.5) is 5.69 Å². The van der Waals surface area contributed by atoms with E-state index in [4.69, 9.17) is 4.74 Å². The summed E-state index contributed by atoms with van der Waals surface area (Å²) < 4.78 is 5.16. The number of hydrogen-bond donors (Lipinski definition) is 0. The summed E-state index contributed by atoms with van der Waals surface area (Å²) in [4.78, 5) is 29.8. The zero-order valence-electron chi connectivity index (χ0n) is 15.3. The molecule has 2 aromatic rings. The van der Waals surface area contributed by atoms with E-state index >= 15 is 0 Å². The number of carbonyl (C=O) groups excluding carboxylic acids is 2. The molecule has 0 radical (unpaired) electrons. The summed E-state index contributed by atoms with van der Waals surface area (Å²) in [5.41, 5.74) is 2.67. The lowest BCUT2D eigenvalue weighted by molar-refractivity contribution is -0.133. The van der Waals surface area contributed by atoms with Crippen molar-refractivity contribution in [3.63, 3.8) is 0 Å². The van der Waals surface area contributed by atoms with Crippen LogP contribution in [0.25, 0.3) is 0 Å². The van der Waals surface area contributed by atoms with Crippen LogP contribution in [-0.2, 0) is 16.1 Å². The van der Waals surface area contributed by atoms with Gasteiger partial charge in [0.1, 0.15) is 0 Å². The fourth-order valence-electron chi connectivity index (χ4n) is 2.41. The third kappa shape index (κ3) is 5.06. The van der Waals surface area contributed by atoms with Crippen molar-refractivity contribution in [2.75, 3.05) is 32.6 Å². The van der Waals surface area contributed by atoms with Crippen molar-refractivity contribution in [2.24, 2.45) is 0 Å². The van der Waals surface area contributed by atoms with Crippen molar-refractivity contribution in [3.05, 3.63) is 51.2 Å². The fourth-order valence-corrected chi connectivity index (χ4v) is 3.32. The van der Waals surface area contributed by atoms with E-state index in [-0.39, 0.29) is 12.5 Å². The Balaban J connectivity index is 1.87. The Labute approximate surface area is 152 Å². The predicted octanol–water partition coefficient (Wildman–Crippen LogP) is 3.25. The number of thiophene rings is 1. The molecular formula is C19H24N2O3S. The molecule has 25 heavy (non-hydrogen) atoms. The molecule has 1 aromatic carbocycles. The minimum Gasteiger partial charge on any atom is -0.452 e. The van der Waals surface area contributed by atoms with E-state index in [2.05, 4.69) is 0 Å². The lowest BCUT2D eigenvalue weighted by Gasteiger charge is -2.18. The number of aryl methyl sites for hydroxylation is 2. The van der Waals surface area contributed by atoms with Crippen molar-refractivity contribution < 1.29 is 14.3 Å². The fraction of sp³-hybridized carbons (Fsp3) is 0.368.